The second-order valence-electron chi connectivity index (χ2n) is 3.15. The standard InChI is InChI=1S/C7H19NOSi/c1-4-7-10(2,3)9-6-5-8/h4-8H2,1-3H3. The van der Waals surface area contributed by atoms with Gasteiger partial charge in [0, 0.05) is 13.2 Å². The summed E-state index contributed by atoms with van der Waals surface area (Å²) in [5, 5.41) is 0. The summed E-state index contributed by atoms with van der Waals surface area (Å²) in [6.45, 7) is 8.07. The van der Waals surface area contributed by atoms with Gasteiger partial charge in [0.25, 0.3) is 0 Å². The molecule has 0 aromatic rings. The van der Waals surface area contributed by atoms with Crippen molar-refractivity contribution >= 4 is 8.32 Å². The van der Waals surface area contributed by atoms with E-state index in [1.165, 1.54) is 12.5 Å². The minimum absolute atomic E-state index is 0.653. The molecule has 0 saturated carbocycles. The zero-order chi connectivity index (χ0) is 8.04. The van der Waals surface area contributed by atoms with Crippen molar-refractivity contribution in [3.63, 3.8) is 0 Å². The van der Waals surface area contributed by atoms with Crippen molar-refractivity contribution < 1.29 is 4.43 Å². The summed E-state index contributed by atoms with van der Waals surface area (Å²) in [4.78, 5) is 0. The average Bonchev–Trinajstić information content (AvgIpc) is 1.84. The SMILES string of the molecule is CCC[Si](C)(C)OCCN. The molecule has 2 N–H and O–H groups in total. The molecule has 0 bridgehead atoms. The monoisotopic (exact) mass is 161 g/mol. The molecule has 10 heavy (non-hydrogen) atoms. The Labute approximate surface area is 64.9 Å². The summed E-state index contributed by atoms with van der Waals surface area (Å²) in [5.41, 5.74) is 5.33. The fourth-order valence-electron chi connectivity index (χ4n) is 1.01. The summed E-state index contributed by atoms with van der Waals surface area (Å²) >= 11 is 0. The first-order valence-electron chi connectivity index (χ1n) is 3.96. The van der Waals surface area contributed by atoms with Crippen molar-refractivity contribution in [3.05, 3.63) is 0 Å². The molecule has 0 heterocycles. The molecule has 0 unspecified atom stereocenters. The van der Waals surface area contributed by atoms with Crippen LogP contribution < -0.4 is 5.73 Å². The Kier molecular flexibility index (Phi) is 4.94. The van der Waals surface area contributed by atoms with Crippen molar-refractivity contribution in [2.24, 2.45) is 5.73 Å². The Balaban J connectivity index is 3.42. The van der Waals surface area contributed by atoms with Crippen LogP contribution in [0.15, 0.2) is 0 Å². The Morgan fingerprint density at radius 3 is 2.40 bits per heavy atom. The molecule has 0 rings (SSSR count). The normalized spacial score (nSPS) is 12.0. The van der Waals surface area contributed by atoms with Crippen LogP contribution in [0.3, 0.4) is 0 Å². The van der Waals surface area contributed by atoms with Crippen LogP contribution in [0, 0.1) is 0 Å². The van der Waals surface area contributed by atoms with E-state index in [2.05, 4.69) is 20.0 Å². The maximum Gasteiger partial charge on any atom is 0.186 e. The first-order chi connectivity index (χ1) is 4.62. The summed E-state index contributed by atoms with van der Waals surface area (Å²) < 4.78 is 5.63. The van der Waals surface area contributed by atoms with Crippen LogP contribution in [0.4, 0.5) is 0 Å². The topological polar surface area (TPSA) is 35.2 Å². The van der Waals surface area contributed by atoms with E-state index in [0.717, 1.165) is 6.61 Å². The van der Waals surface area contributed by atoms with Gasteiger partial charge in [0.15, 0.2) is 8.32 Å². The second kappa shape index (κ2) is 4.88. The molecule has 0 aliphatic rings. The molecule has 62 valence electrons. The highest BCUT2D eigenvalue weighted by Crippen LogP contribution is 2.12. The molecule has 0 aliphatic heterocycles. The van der Waals surface area contributed by atoms with E-state index in [1.807, 2.05) is 0 Å². The van der Waals surface area contributed by atoms with Gasteiger partial charge in [0.2, 0.25) is 0 Å². The van der Waals surface area contributed by atoms with Gasteiger partial charge in [-0.25, -0.2) is 0 Å². The smallest absolute Gasteiger partial charge is 0.186 e. The highest BCUT2D eigenvalue weighted by molar-refractivity contribution is 6.71. The number of hydrogen-bond acceptors (Lipinski definition) is 2. The van der Waals surface area contributed by atoms with E-state index >= 15 is 0 Å². The minimum atomic E-state index is -1.30. The zero-order valence-corrected chi connectivity index (χ0v) is 8.31. The van der Waals surface area contributed by atoms with Crippen LogP contribution in [-0.4, -0.2) is 21.5 Å². The second-order valence-corrected chi connectivity index (χ2v) is 7.45. The number of nitrogens with two attached hydrogens (primary N) is 1. The summed E-state index contributed by atoms with van der Waals surface area (Å²) in [5.74, 6) is 0. The minimum Gasteiger partial charge on any atom is -0.416 e. The lowest BCUT2D eigenvalue weighted by Crippen LogP contribution is -2.32. The van der Waals surface area contributed by atoms with Crippen LogP contribution >= 0.6 is 0 Å². The highest BCUT2D eigenvalue weighted by atomic mass is 28.4. The Hall–Kier alpha value is 0.137. The molecule has 0 radical (unpaired) electrons. The van der Waals surface area contributed by atoms with Crippen LogP contribution in [0.1, 0.15) is 13.3 Å². The van der Waals surface area contributed by atoms with Gasteiger partial charge in [-0.2, -0.15) is 0 Å². The fraction of sp³-hybridized carbons (Fsp3) is 1.00. The van der Waals surface area contributed by atoms with Gasteiger partial charge in [-0.05, 0) is 19.1 Å². The van der Waals surface area contributed by atoms with Gasteiger partial charge in [-0.1, -0.05) is 13.3 Å². The third-order valence-electron chi connectivity index (χ3n) is 1.46. The highest BCUT2D eigenvalue weighted by Gasteiger charge is 2.19. The molecule has 0 aromatic carbocycles. The van der Waals surface area contributed by atoms with Crippen LogP contribution in [-0.2, 0) is 4.43 Å². The number of rotatable bonds is 5. The van der Waals surface area contributed by atoms with Gasteiger partial charge in [-0.3, -0.25) is 0 Å². The van der Waals surface area contributed by atoms with Gasteiger partial charge < -0.3 is 10.2 Å². The van der Waals surface area contributed by atoms with Crippen LogP contribution in [0.2, 0.25) is 19.1 Å². The van der Waals surface area contributed by atoms with Gasteiger partial charge in [0.05, 0.1) is 0 Å². The Morgan fingerprint density at radius 2 is 2.00 bits per heavy atom. The average molecular weight is 161 g/mol. The molecule has 0 saturated heterocycles. The van der Waals surface area contributed by atoms with E-state index in [-0.39, 0.29) is 0 Å². The van der Waals surface area contributed by atoms with E-state index in [9.17, 15) is 0 Å². The quantitative estimate of drug-likeness (QED) is 0.621. The van der Waals surface area contributed by atoms with E-state index in [1.54, 1.807) is 0 Å². The lowest BCUT2D eigenvalue weighted by atomic mass is 10.6. The predicted molar refractivity (Wildman–Crippen MR) is 47.6 cm³/mol. The Morgan fingerprint density at radius 1 is 1.40 bits per heavy atom. The zero-order valence-electron chi connectivity index (χ0n) is 7.31. The van der Waals surface area contributed by atoms with Gasteiger partial charge >= 0.3 is 0 Å². The largest absolute Gasteiger partial charge is 0.416 e. The van der Waals surface area contributed by atoms with Crippen LogP contribution in [0.5, 0.6) is 0 Å². The molecule has 0 fully saturated rings. The molecular weight excluding hydrogens is 142 g/mol. The third kappa shape index (κ3) is 4.96. The predicted octanol–water partition coefficient (Wildman–Crippen LogP) is 1.58. The molecular formula is C7H19NOSi. The van der Waals surface area contributed by atoms with Gasteiger partial charge in [-0.15, -0.1) is 0 Å². The van der Waals surface area contributed by atoms with E-state index < -0.39 is 8.32 Å². The maximum absolute atomic E-state index is 5.63. The molecule has 0 spiro atoms. The molecule has 0 aliphatic carbocycles. The third-order valence-corrected chi connectivity index (χ3v) is 4.15. The van der Waals surface area contributed by atoms with Gasteiger partial charge in [0.1, 0.15) is 0 Å². The summed E-state index contributed by atoms with van der Waals surface area (Å²) in [7, 11) is -1.30. The molecule has 0 aromatic heterocycles. The summed E-state index contributed by atoms with van der Waals surface area (Å²) in [6.07, 6.45) is 1.23. The van der Waals surface area contributed by atoms with Crippen molar-refractivity contribution in [3.8, 4) is 0 Å². The molecule has 3 heteroatoms. The van der Waals surface area contributed by atoms with Crippen molar-refractivity contribution in [1.82, 2.24) is 0 Å². The first-order valence-corrected chi connectivity index (χ1v) is 7.08. The van der Waals surface area contributed by atoms with Crippen molar-refractivity contribution in [2.75, 3.05) is 13.2 Å². The first kappa shape index (κ1) is 10.1. The lowest BCUT2D eigenvalue weighted by Gasteiger charge is -2.21. The molecule has 0 amide bonds. The maximum atomic E-state index is 5.63. The molecule has 0 atom stereocenters. The van der Waals surface area contributed by atoms with Crippen LogP contribution in [0.25, 0.3) is 0 Å². The number of hydrogen-bond donors (Lipinski definition) is 1. The fourth-order valence-corrected chi connectivity index (χ4v) is 3.03. The molecule has 2 nitrogen and oxygen atoms in total. The van der Waals surface area contributed by atoms with Crippen molar-refractivity contribution in [2.45, 2.75) is 32.5 Å². The summed E-state index contributed by atoms with van der Waals surface area (Å²) in [6, 6.07) is 1.24. The lowest BCUT2D eigenvalue weighted by molar-refractivity contribution is 0.317. The van der Waals surface area contributed by atoms with E-state index in [0.29, 0.717) is 6.54 Å². The Bertz CT molecular complexity index is 85.7. The van der Waals surface area contributed by atoms with E-state index in [4.69, 9.17) is 10.2 Å². The van der Waals surface area contributed by atoms with Crippen molar-refractivity contribution in [1.29, 1.82) is 0 Å².